The molecule has 0 aliphatic carbocycles. The summed E-state index contributed by atoms with van der Waals surface area (Å²) in [5.74, 6) is -1.26. The van der Waals surface area contributed by atoms with Crippen LogP contribution >= 0.6 is 0 Å². The number of aromatic carboxylic acids is 1. The van der Waals surface area contributed by atoms with Crippen molar-refractivity contribution in [2.45, 2.75) is 13.5 Å². The summed E-state index contributed by atoms with van der Waals surface area (Å²) in [5.41, 5.74) is 2.32. The molecule has 0 spiro atoms. The number of hydrogen-bond donors (Lipinski definition) is 2. The summed E-state index contributed by atoms with van der Waals surface area (Å²) >= 11 is 0. The van der Waals surface area contributed by atoms with Crippen LogP contribution in [0.25, 0.3) is 0 Å². The second-order valence-electron chi connectivity index (χ2n) is 5.06. The van der Waals surface area contributed by atoms with Crippen LogP contribution in [-0.2, 0) is 11.3 Å². The van der Waals surface area contributed by atoms with Gasteiger partial charge in [-0.2, -0.15) is 0 Å². The number of carbonyl (C=O) groups is 2. The van der Waals surface area contributed by atoms with Gasteiger partial charge in [-0.25, -0.2) is 4.79 Å². The maximum absolute atomic E-state index is 11.5. The molecular formula is C17H18N2O3. The average molecular weight is 298 g/mol. The Morgan fingerprint density at radius 3 is 2.41 bits per heavy atom. The Balaban J connectivity index is 2.29. The molecule has 5 heteroatoms. The highest BCUT2D eigenvalue weighted by molar-refractivity contribution is 5.97. The van der Waals surface area contributed by atoms with Gasteiger partial charge in [0.25, 0.3) is 0 Å². The molecule has 0 atom stereocenters. The third kappa shape index (κ3) is 3.85. The van der Waals surface area contributed by atoms with E-state index in [-0.39, 0.29) is 11.5 Å². The molecule has 114 valence electrons. The normalized spacial score (nSPS) is 10.1. The lowest BCUT2D eigenvalue weighted by atomic mass is 10.1. The van der Waals surface area contributed by atoms with Crippen molar-refractivity contribution in [3.63, 3.8) is 0 Å². The molecule has 0 aliphatic heterocycles. The van der Waals surface area contributed by atoms with Gasteiger partial charge in [0.2, 0.25) is 5.91 Å². The standard InChI is InChI=1S/C17H18N2O3/c1-12(20)18-14-8-9-16(15(10-14)17(21)22)19(2)11-13-6-4-3-5-7-13/h3-10H,11H2,1-2H3,(H,18,20)(H,21,22). The largest absolute Gasteiger partial charge is 0.478 e. The van der Waals surface area contributed by atoms with E-state index in [1.807, 2.05) is 42.3 Å². The first-order chi connectivity index (χ1) is 10.5. The fraction of sp³-hybridized carbons (Fsp3) is 0.176. The van der Waals surface area contributed by atoms with Crippen molar-refractivity contribution in [2.75, 3.05) is 17.3 Å². The lowest BCUT2D eigenvalue weighted by Gasteiger charge is -2.22. The molecule has 2 aromatic carbocycles. The summed E-state index contributed by atoms with van der Waals surface area (Å²) in [7, 11) is 1.84. The fourth-order valence-corrected chi connectivity index (χ4v) is 2.26. The molecule has 0 bridgehead atoms. The van der Waals surface area contributed by atoms with E-state index in [1.165, 1.54) is 13.0 Å². The van der Waals surface area contributed by atoms with Crippen LogP contribution in [0.3, 0.4) is 0 Å². The first-order valence-electron chi connectivity index (χ1n) is 6.87. The van der Waals surface area contributed by atoms with Crippen LogP contribution in [0.4, 0.5) is 11.4 Å². The second kappa shape index (κ2) is 6.76. The maximum atomic E-state index is 11.5. The first-order valence-corrected chi connectivity index (χ1v) is 6.87. The molecule has 0 fully saturated rings. The van der Waals surface area contributed by atoms with E-state index >= 15 is 0 Å². The number of rotatable bonds is 5. The van der Waals surface area contributed by atoms with Crippen LogP contribution < -0.4 is 10.2 Å². The van der Waals surface area contributed by atoms with Gasteiger partial charge in [-0.1, -0.05) is 30.3 Å². The van der Waals surface area contributed by atoms with Crippen LogP contribution in [-0.4, -0.2) is 24.0 Å². The van der Waals surface area contributed by atoms with E-state index in [0.717, 1.165) is 5.56 Å². The number of benzene rings is 2. The molecule has 0 heterocycles. The Morgan fingerprint density at radius 1 is 1.14 bits per heavy atom. The lowest BCUT2D eigenvalue weighted by Crippen LogP contribution is -2.19. The molecule has 0 aliphatic rings. The number of anilines is 2. The molecule has 2 rings (SSSR count). The first kappa shape index (κ1) is 15.6. The monoisotopic (exact) mass is 298 g/mol. The van der Waals surface area contributed by atoms with Crippen LogP contribution in [0, 0.1) is 0 Å². The van der Waals surface area contributed by atoms with Gasteiger partial charge in [0.1, 0.15) is 0 Å². The molecule has 5 nitrogen and oxygen atoms in total. The fourth-order valence-electron chi connectivity index (χ4n) is 2.26. The molecule has 0 aromatic heterocycles. The Bertz CT molecular complexity index is 684. The topological polar surface area (TPSA) is 69.6 Å². The van der Waals surface area contributed by atoms with Crippen LogP contribution in [0.1, 0.15) is 22.8 Å². The number of hydrogen-bond acceptors (Lipinski definition) is 3. The minimum Gasteiger partial charge on any atom is -0.478 e. The third-order valence-corrected chi connectivity index (χ3v) is 3.22. The predicted molar refractivity (Wildman–Crippen MR) is 86.3 cm³/mol. The molecular weight excluding hydrogens is 280 g/mol. The molecule has 0 saturated heterocycles. The third-order valence-electron chi connectivity index (χ3n) is 3.22. The summed E-state index contributed by atoms with van der Waals surface area (Å²) < 4.78 is 0. The molecule has 2 N–H and O–H groups in total. The number of nitrogens with zero attached hydrogens (tertiary/aromatic N) is 1. The summed E-state index contributed by atoms with van der Waals surface area (Å²) in [4.78, 5) is 24.4. The molecule has 0 unspecified atom stereocenters. The van der Waals surface area contributed by atoms with Crippen molar-refractivity contribution in [3.05, 3.63) is 59.7 Å². The van der Waals surface area contributed by atoms with Gasteiger partial charge in [-0.05, 0) is 23.8 Å². The van der Waals surface area contributed by atoms with Gasteiger partial charge in [0.15, 0.2) is 0 Å². The van der Waals surface area contributed by atoms with Crippen LogP contribution in [0.2, 0.25) is 0 Å². The highest BCUT2D eigenvalue weighted by Crippen LogP contribution is 2.25. The van der Waals surface area contributed by atoms with Crippen molar-refractivity contribution in [1.29, 1.82) is 0 Å². The SMILES string of the molecule is CC(=O)Nc1ccc(N(C)Cc2ccccc2)c(C(=O)O)c1. The highest BCUT2D eigenvalue weighted by atomic mass is 16.4. The zero-order chi connectivity index (χ0) is 16.1. The molecule has 22 heavy (non-hydrogen) atoms. The lowest BCUT2D eigenvalue weighted by molar-refractivity contribution is -0.114. The van der Waals surface area contributed by atoms with Crippen LogP contribution in [0.5, 0.6) is 0 Å². The number of amides is 1. The van der Waals surface area contributed by atoms with Crippen molar-refractivity contribution in [3.8, 4) is 0 Å². The zero-order valence-corrected chi connectivity index (χ0v) is 12.5. The quantitative estimate of drug-likeness (QED) is 0.890. The van der Waals surface area contributed by atoms with Gasteiger partial charge in [0, 0.05) is 26.2 Å². The Hall–Kier alpha value is -2.82. The minimum atomic E-state index is -1.03. The number of carboxylic acids is 1. The van der Waals surface area contributed by atoms with E-state index < -0.39 is 5.97 Å². The Labute approximate surface area is 129 Å². The summed E-state index contributed by atoms with van der Waals surface area (Å²) in [6.45, 7) is 1.98. The summed E-state index contributed by atoms with van der Waals surface area (Å²) in [5, 5.41) is 12.0. The van der Waals surface area contributed by atoms with Crippen molar-refractivity contribution < 1.29 is 14.7 Å². The summed E-state index contributed by atoms with van der Waals surface area (Å²) in [6.07, 6.45) is 0. The van der Waals surface area contributed by atoms with Gasteiger partial charge in [-0.3, -0.25) is 4.79 Å². The number of nitrogens with one attached hydrogen (secondary N) is 1. The van der Waals surface area contributed by atoms with Crippen LogP contribution in [0.15, 0.2) is 48.5 Å². The van der Waals surface area contributed by atoms with Gasteiger partial charge >= 0.3 is 5.97 Å². The predicted octanol–water partition coefficient (Wildman–Crippen LogP) is 2.98. The molecule has 0 saturated carbocycles. The average Bonchev–Trinajstić information content (AvgIpc) is 2.47. The molecule has 2 aromatic rings. The maximum Gasteiger partial charge on any atom is 0.337 e. The minimum absolute atomic E-state index is 0.157. The Morgan fingerprint density at radius 2 is 1.82 bits per heavy atom. The van der Waals surface area contributed by atoms with Crippen molar-refractivity contribution in [2.24, 2.45) is 0 Å². The van der Waals surface area contributed by atoms with E-state index in [4.69, 9.17) is 0 Å². The number of carboxylic acid groups (broad SMARTS) is 1. The van der Waals surface area contributed by atoms with Crippen molar-refractivity contribution >= 4 is 23.3 Å². The Kier molecular flexibility index (Phi) is 4.78. The van der Waals surface area contributed by atoms with Gasteiger partial charge < -0.3 is 15.3 Å². The number of carbonyl (C=O) groups excluding carboxylic acids is 1. The van der Waals surface area contributed by atoms with Gasteiger partial charge in [-0.15, -0.1) is 0 Å². The van der Waals surface area contributed by atoms with E-state index in [1.54, 1.807) is 12.1 Å². The zero-order valence-electron chi connectivity index (χ0n) is 12.5. The van der Waals surface area contributed by atoms with E-state index in [9.17, 15) is 14.7 Å². The summed E-state index contributed by atoms with van der Waals surface area (Å²) in [6, 6.07) is 14.7. The molecule has 1 amide bonds. The van der Waals surface area contributed by atoms with E-state index in [2.05, 4.69) is 5.32 Å². The van der Waals surface area contributed by atoms with E-state index in [0.29, 0.717) is 17.9 Å². The smallest absolute Gasteiger partial charge is 0.337 e. The van der Waals surface area contributed by atoms with Crippen molar-refractivity contribution in [1.82, 2.24) is 0 Å². The second-order valence-corrected chi connectivity index (χ2v) is 5.06. The van der Waals surface area contributed by atoms with Gasteiger partial charge in [0.05, 0.1) is 11.3 Å². The highest BCUT2D eigenvalue weighted by Gasteiger charge is 2.15. The molecule has 0 radical (unpaired) electrons.